The molecule has 11 nitrogen and oxygen atoms in total. The molecular weight excluding hydrogens is 696 g/mol. The molecule has 0 radical (unpaired) electrons. The number of ether oxygens (including phenoxy) is 1. The number of nitrogens with one attached hydrogen (secondary N) is 2. The lowest BCUT2D eigenvalue weighted by molar-refractivity contribution is -0.123. The molecule has 52 heavy (non-hydrogen) atoms. The highest BCUT2D eigenvalue weighted by molar-refractivity contribution is 7.99. The highest BCUT2D eigenvalue weighted by atomic mass is 35.5. The van der Waals surface area contributed by atoms with Gasteiger partial charge < -0.3 is 35.5 Å². The van der Waals surface area contributed by atoms with Crippen molar-refractivity contribution in [2.75, 3.05) is 37.7 Å². The summed E-state index contributed by atoms with van der Waals surface area (Å²) in [5, 5.41) is 17.9. The van der Waals surface area contributed by atoms with E-state index in [0.29, 0.717) is 27.1 Å². The predicted molar refractivity (Wildman–Crippen MR) is 203 cm³/mol. The fraction of sp³-hybridized carbons (Fsp3) is 0.385. The third kappa shape index (κ3) is 6.85. The van der Waals surface area contributed by atoms with E-state index in [2.05, 4.69) is 39.8 Å². The Balaban J connectivity index is 0.931. The van der Waals surface area contributed by atoms with Gasteiger partial charge in [-0.15, -0.1) is 0 Å². The molecule has 0 unspecified atom stereocenters. The summed E-state index contributed by atoms with van der Waals surface area (Å²) in [6.45, 7) is 5.17. The molecule has 5 heterocycles. The van der Waals surface area contributed by atoms with E-state index in [-0.39, 0.29) is 36.6 Å². The van der Waals surface area contributed by atoms with E-state index in [0.717, 1.165) is 85.9 Å². The number of hydrogen-bond acceptors (Lipinski definition) is 10. The number of nitrogens with two attached hydrogens (primary N) is 1. The van der Waals surface area contributed by atoms with Crippen LogP contribution in [0.5, 0.6) is 5.75 Å². The number of amides is 1. The van der Waals surface area contributed by atoms with Gasteiger partial charge in [-0.1, -0.05) is 47.6 Å². The van der Waals surface area contributed by atoms with Gasteiger partial charge in [0.2, 0.25) is 0 Å². The van der Waals surface area contributed by atoms with E-state index in [1.807, 2.05) is 54.0 Å². The topological polar surface area (TPSA) is 143 Å². The second kappa shape index (κ2) is 14.7. The molecule has 3 aromatic heterocycles. The SMILES string of the molecule is Cc1nc(N2CCC3(CC2)Cc2ccccc2[C@H]3N)c(CO)nc1Sc1ccn2cc(-c3ccc(OCC(=O)NC4CCNCC4)cc3)nc2c1Cl. The Kier molecular flexibility index (Phi) is 9.84. The van der Waals surface area contributed by atoms with Crippen LogP contribution in [0, 0.1) is 12.3 Å². The molecule has 270 valence electrons. The summed E-state index contributed by atoms with van der Waals surface area (Å²) in [5.41, 5.74) is 13.1. The average molecular weight is 739 g/mol. The molecular formula is C39H43ClN8O3S. The van der Waals surface area contributed by atoms with E-state index in [9.17, 15) is 9.90 Å². The second-order valence-corrected chi connectivity index (χ2v) is 15.5. The Hall–Kier alpha value is -4.20. The maximum atomic E-state index is 12.4. The zero-order valence-corrected chi connectivity index (χ0v) is 30.7. The number of carbonyl (C=O) groups is 1. The number of aryl methyl sites for hydroxylation is 1. The lowest BCUT2D eigenvalue weighted by Gasteiger charge is -2.43. The lowest BCUT2D eigenvalue weighted by Crippen LogP contribution is -2.45. The minimum atomic E-state index is -0.214. The van der Waals surface area contributed by atoms with Crippen molar-refractivity contribution in [3.8, 4) is 17.0 Å². The summed E-state index contributed by atoms with van der Waals surface area (Å²) in [4.78, 5) is 30.1. The summed E-state index contributed by atoms with van der Waals surface area (Å²) in [5.74, 6) is 1.24. The molecule has 0 bridgehead atoms. The monoisotopic (exact) mass is 738 g/mol. The number of piperidine rings is 2. The molecule has 1 spiro atoms. The number of nitrogens with zero attached hydrogens (tertiary/aromatic N) is 5. The zero-order chi connectivity index (χ0) is 35.8. The van der Waals surface area contributed by atoms with Gasteiger partial charge in [0.25, 0.3) is 5.91 Å². The van der Waals surface area contributed by atoms with Crippen molar-refractivity contribution in [1.82, 2.24) is 30.0 Å². The van der Waals surface area contributed by atoms with E-state index in [1.54, 1.807) is 0 Å². The Morgan fingerprint density at radius 3 is 2.62 bits per heavy atom. The van der Waals surface area contributed by atoms with Gasteiger partial charge in [-0.2, -0.15) is 0 Å². The molecule has 2 aromatic carbocycles. The largest absolute Gasteiger partial charge is 0.484 e. The minimum absolute atomic E-state index is 0.0240. The van der Waals surface area contributed by atoms with Crippen molar-refractivity contribution in [2.45, 2.75) is 67.6 Å². The van der Waals surface area contributed by atoms with Crippen LogP contribution in [-0.2, 0) is 17.8 Å². The van der Waals surface area contributed by atoms with Crippen LogP contribution in [0.4, 0.5) is 5.82 Å². The maximum absolute atomic E-state index is 12.4. The number of pyridine rings is 1. The van der Waals surface area contributed by atoms with Crippen molar-refractivity contribution in [3.05, 3.63) is 94.5 Å². The predicted octanol–water partition coefficient (Wildman–Crippen LogP) is 5.49. The van der Waals surface area contributed by atoms with Gasteiger partial charge in [-0.05, 0) is 99.0 Å². The Bertz CT molecular complexity index is 2090. The Labute approximate surface area is 312 Å². The van der Waals surface area contributed by atoms with Crippen LogP contribution < -0.4 is 26.0 Å². The molecule has 2 saturated heterocycles. The summed E-state index contributed by atoms with van der Waals surface area (Å²) < 4.78 is 7.64. The summed E-state index contributed by atoms with van der Waals surface area (Å²) in [6.07, 6.45) is 8.66. The standard InChI is InChI=1S/C39H43ClN8O3S/c1-24-38(46-31(22-49)36(43-24)47-18-13-39(14-19-47)20-26-4-2-3-5-29(26)35(39)41)52-32-12-17-48-21-30(45-37(48)34(32)40)25-6-8-28(9-7-25)51-23-33(50)44-27-10-15-42-16-11-27/h2-9,12,17,21,27,35,42,49H,10-11,13-16,18-20,22-23,41H2,1H3,(H,44,50)/t35-/m1/s1. The Morgan fingerprint density at radius 2 is 1.87 bits per heavy atom. The first kappa shape index (κ1) is 34.9. The molecule has 2 fully saturated rings. The third-order valence-corrected chi connectivity index (χ3v) is 12.5. The number of hydrogen-bond donors (Lipinski definition) is 4. The molecule has 5 N–H and O–H groups in total. The van der Waals surface area contributed by atoms with Crippen LogP contribution in [0.25, 0.3) is 16.9 Å². The number of fused-ring (bicyclic) bond motifs is 2. The number of rotatable bonds is 9. The van der Waals surface area contributed by atoms with Gasteiger partial charge in [-0.3, -0.25) is 4.79 Å². The number of aliphatic hydroxyl groups is 1. The summed E-state index contributed by atoms with van der Waals surface area (Å²) >= 11 is 8.38. The zero-order valence-electron chi connectivity index (χ0n) is 29.1. The molecule has 1 aliphatic carbocycles. The van der Waals surface area contributed by atoms with Gasteiger partial charge in [-0.25, -0.2) is 15.0 Å². The molecule has 5 aromatic rings. The van der Waals surface area contributed by atoms with Crippen molar-refractivity contribution in [1.29, 1.82) is 0 Å². The normalized spacial score (nSPS) is 18.5. The molecule has 1 atom stereocenters. The van der Waals surface area contributed by atoms with Crippen LogP contribution in [-0.4, -0.2) is 69.2 Å². The molecule has 1 amide bonds. The molecule has 3 aliphatic rings. The van der Waals surface area contributed by atoms with Gasteiger partial charge in [0, 0.05) is 48.0 Å². The van der Waals surface area contributed by atoms with E-state index >= 15 is 0 Å². The van der Waals surface area contributed by atoms with Crippen LogP contribution in [0.15, 0.2) is 76.9 Å². The van der Waals surface area contributed by atoms with Crippen molar-refractivity contribution >= 4 is 40.7 Å². The number of halogens is 1. The summed E-state index contributed by atoms with van der Waals surface area (Å²) in [6, 6.07) is 18.3. The Morgan fingerprint density at radius 1 is 1.10 bits per heavy atom. The third-order valence-electron chi connectivity index (χ3n) is 10.8. The number of aromatic nitrogens is 4. The van der Waals surface area contributed by atoms with Crippen molar-refractivity contribution in [2.24, 2.45) is 11.1 Å². The number of anilines is 1. The minimum Gasteiger partial charge on any atom is -0.484 e. The molecule has 8 rings (SSSR count). The van der Waals surface area contributed by atoms with E-state index in [1.165, 1.54) is 22.9 Å². The number of benzene rings is 2. The molecule has 13 heteroatoms. The smallest absolute Gasteiger partial charge is 0.258 e. The number of aliphatic hydroxyl groups excluding tert-OH is 1. The fourth-order valence-corrected chi connectivity index (χ4v) is 9.07. The van der Waals surface area contributed by atoms with Crippen molar-refractivity contribution in [3.63, 3.8) is 0 Å². The average Bonchev–Trinajstić information content (AvgIpc) is 3.73. The lowest BCUT2D eigenvalue weighted by atomic mass is 9.73. The highest BCUT2D eigenvalue weighted by Gasteiger charge is 2.46. The molecule has 2 aliphatic heterocycles. The van der Waals surface area contributed by atoms with Crippen LogP contribution in [0.2, 0.25) is 5.02 Å². The first-order valence-corrected chi connectivity index (χ1v) is 19.1. The second-order valence-electron chi connectivity index (χ2n) is 14.1. The van der Waals surface area contributed by atoms with Gasteiger partial charge >= 0.3 is 0 Å². The van der Waals surface area contributed by atoms with Gasteiger partial charge in [0.1, 0.15) is 16.5 Å². The molecule has 0 saturated carbocycles. The summed E-state index contributed by atoms with van der Waals surface area (Å²) in [7, 11) is 0. The van der Waals surface area contributed by atoms with E-state index in [4.69, 9.17) is 37.0 Å². The van der Waals surface area contributed by atoms with Crippen molar-refractivity contribution < 1.29 is 14.6 Å². The van der Waals surface area contributed by atoms with Gasteiger partial charge in [0.05, 0.1) is 23.0 Å². The first-order valence-electron chi connectivity index (χ1n) is 18.0. The van der Waals surface area contributed by atoms with E-state index < -0.39 is 0 Å². The highest BCUT2D eigenvalue weighted by Crippen LogP contribution is 2.51. The van der Waals surface area contributed by atoms with Crippen LogP contribution >= 0.6 is 23.4 Å². The number of carbonyl (C=O) groups excluding carboxylic acids is 1. The quantitative estimate of drug-likeness (QED) is 0.153. The maximum Gasteiger partial charge on any atom is 0.258 e. The van der Waals surface area contributed by atoms with Crippen LogP contribution in [0.1, 0.15) is 54.2 Å². The number of imidazole rings is 1. The first-order chi connectivity index (χ1) is 25.3. The van der Waals surface area contributed by atoms with Gasteiger partial charge in [0.15, 0.2) is 18.1 Å². The fourth-order valence-electron chi connectivity index (χ4n) is 7.88. The van der Waals surface area contributed by atoms with Crippen LogP contribution in [0.3, 0.4) is 0 Å².